The van der Waals surface area contributed by atoms with E-state index in [1.165, 1.54) is 0 Å². The third kappa shape index (κ3) is 6.65. The van der Waals surface area contributed by atoms with Gasteiger partial charge in [-0.1, -0.05) is 6.42 Å². The second-order valence-electron chi connectivity index (χ2n) is 3.85. The van der Waals surface area contributed by atoms with Crippen molar-refractivity contribution in [3.63, 3.8) is 0 Å². The van der Waals surface area contributed by atoms with Crippen molar-refractivity contribution in [3.8, 4) is 0 Å². The quantitative estimate of drug-likeness (QED) is 0.292. The van der Waals surface area contributed by atoms with Crippen molar-refractivity contribution in [2.24, 2.45) is 0 Å². The third-order valence-corrected chi connectivity index (χ3v) is 3.12. The number of unbranched alkanes of at least 4 members (excludes halogenated alkanes) is 2. The molecule has 0 radical (unpaired) electrons. The summed E-state index contributed by atoms with van der Waals surface area (Å²) in [5.74, 6) is -5.11. The summed E-state index contributed by atoms with van der Waals surface area (Å²) in [7, 11) is -6.54. The van der Waals surface area contributed by atoms with Crippen LogP contribution in [0.15, 0.2) is 0 Å². The zero-order chi connectivity index (χ0) is 15.5. The van der Waals surface area contributed by atoms with Gasteiger partial charge >= 0.3 is 36.2 Å². The van der Waals surface area contributed by atoms with Gasteiger partial charge in [0, 0.05) is 12.8 Å². The molecule has 12 heteroatoms. The van der Waals surface area contributed by atoms with E-state index in [-0.39, 0.29) is 18.9 Å². The van der Waals surface area contributed by atoms with Crippen LogP contribution in [0, 0.1) is 0 Å². The van der Waals surface area contributed by atoms with Crippen LogP contribution in [-0.2, 0) is 10.1 Å². The van der Waals surface area contributed by atoms with Gasteiger partial charge in [-0.2, -0.15) is 30.7 Å². The van der Waals surface area contributed by atoms with Gasteiger partial charge in [0.25, 0.3) is 0 Å². The Hall–Kier alpha value is 0.0174. The average molecular weight is 326 g/mol. The first-order valence-electron chi connectivity index (χ1n) is 4.98. The summed E-state index contributed by atoms with van der Waals surface area (Å²) >= 11 is 0. The fourth-order valence-electron chi connectivity index (χ4n) is 1.18. The van der Waals surface area contributed by atoms with E-state index in [1.54, 1.807) is 0 Å². The summed E-state index contributed by atoms with van der Waals surface area (Å²) in [6, 6.07) is 0. The first-order valence-corrected chi connectivity index (χ1v) is 6.39. The van der Waals surface area contributed by atoms with Crippen LogP contribution >= 0.6 is 0 Å². The Balaban J connectivity index is 0. The fraction of sp³-hybridized carbons (Fsp3) is 1.00. The maximum Gasteiger partial charge on any atom is 1.00 e. The third-order valence-electron chi connectivity index (χ3n) is 2.19. The molecule has 0 aliphatic heterocycles. The minimum atomic E-state index is -6.54. The van der Waals surface area contributed by atoms with Gasteiger partial charge < -0.3 is 4.55 Å². The molecular weight excluding hydrogens is 316 g/mol. The van der Waals surface area contributed by atoms with Crippen molar-refractivity contribution in [3.05, 3.63) is 0 Å². The Morgan fingerprint density at radius 2 is 1.20 bits per heavy atom. The molecule has 0 aromatic carbocycles. The molecule has 0 aliphatic carbocycles. The van der Waals surface area contributed by atoms with Crippen LogP contribution in [-0.4, -0.2) is 30.3 Å². The SMILES string of the molecule is O=S(=O)([O-])C(F)(F)C(F)(F)CCCCCC(F)(F)F.[Li+]. The molecule has 0 spiro atoms. The Morgan fingerprint density at radius 3 is 1.55 bits per heavy atom. The molecule has 0 rings (SSSR count). The molecule has 0 bridgehead atoms. The van der Waals surface area contributed by atoms with E-state index in [1.807, 2.05) is 0 Å². The maximum atomic E-state index is 12.8. The van der Waals surface area contributed by atoms with Crippen molar-refractivity contribution in [2.75, 3.05) is 0 Å². The predicted octanol–water partition coefficient (Wildman–Crippen LogP) is 0.276. The van der Waals surface area contributed by atoms with Crippen molar-refractivity contribution in [2.45, 2.75) is 49.5 Å². The molecule has 0 heterocycles. The van der Waals surface area contributed by atoms with Crippen LogP contribution < -0.4 is 18.9 Å². The number of halogens is 7. The minimum absolute atomic E-state index is 0. The summed E-state index contributed by atoms with van der Waals surface area (Å²) in [6.45, 7) is 0. The molecule has 3 nitrogen and oxygen atoms in total. The molecular formula is C8H10F7LiO3S. The summed E-state index contributed by atoms with van der Waals surface area (Å²) in [6.07, 6.45) is -9.16. The van der Waals surface area contributed by atoms with E-state index in [4.69, 9.17) is 0 Å². The van der Waals surface area contributed by atoms with Gasteiger partial charge in [0.2, 0.25) is 0 Å². The molecule has 0 unspecified atom stereocenters. The molecule has 0 amide bonds. The van der Waals surface area contributed by atoms with Gasteiger partial charge in [-0.05, 0) is 12.8 Å². The molecule has 0 fully saturated rings. The number of hydrogen-bond acceptors (Lipinski definition) is 3. The van der Waals surface area contributed by atoms with E-state index in [9.17, 15) is 43.7 Å². The number of alkyl halides is 7. The first kappa shape index (κ1) is 22.3. The molecule has 0 aromatic heterocycles. The topological polar surface area (TPSA) is 57.2 Å². The van der Waals surface area contributed by atoms with Crippen LogP contribution in [0.25, 0.3) is 0 Å². The summed E-state index contributed by atoms with van der Waals surface area (Å²) in [4.78, 5) is 0. The van der Waals surface area contributed by atoms with Crippen molar-refractivity contribution >= 4 is 10.1 Å². The van der Waals surface area contributed by atoms with Gasteiger partial charge in [0.1, 0.15) is 0 Å². The zero-order valence-corrected chi connectivity index (χ0v) is 11.1. The van der Waals surface area contributed by atoms with E-state index >= 15 is 0 Å². The van der Waals surface area contributed by atoms with E-state index in [2.05, 4.69) is 0 Å². The summed E-state index contributed by atoms with van der Waals surface area (Å²) in [5.41, 5.74) is 0. The Bertz CT molecular complexity index is 393. The van der Waals surface area contributed by atoms with Crippen molar-refractivity contribution in [1.82, 2.24) is 0 Å². The Labute approximate surface area is 122 Å². The number of hydrogen-bond donors (Lipinski definition) is 0. The van der Waals surface area contributed by atoms with Crippen LogP contribution in [0.3, 0.4) is 0 Å². The molecule has 20 heavy (non-hydrogen) atoms. The van der Waals surface area contributed by atoms with E-state index in [0.29, 0.717) is 0 Å². The normalized spacial score (nSPS) is 14.0. The maximum absolute atomic E-state index is 12.8. The Morgan fingerprint density at radius 1 is 0.800 bits per heavy atom. The summed E-state index contributed by atoms with van der Waals surface area (Å²) in [5, 5.41) is -5.77. The van der Waals surface area contributed by atoms with Crippen LogP contribution in [0.2, 0.25) is 0 Å². The molecule has 0 aromatic rings. The van der Waals surface area contributed by atoms with Crippen LogP contribution in [0.4, 0.5) is 30.7 Å². The standard InChI is InChI=1S/C8H11F7O3S.Li/c9-6(10,8(14,15)19(16,17)18)4-2-1-3-5-7(11,12)13;/h1-5H2,(H,16,17,18);/q;+1/p-1. The number of rotatable bonds is 7. The van der Waals surface area contributed by atoms with Crippen molar-refractivity contribution in [1.29, 1.82) is 0 Å². The fourth-order valence-corrected chi connectivity index (χ4v) is 1.65. The van der Waals surface area contributed by atoms with Gasteiger partial charge in [0.15, 0.2) is 10.1 Å². The zero-order valence-electron chi connectivity index (χ0n) is 10.3. The Kier molecular flexibility index (Phi) is 8.18. The second kappa shape index (κ2) is 7.33. The minimum Gasteiger partial charge on any atom is -0.743 e. The van der Waals surface area contributed by atoms with Gasteiger partial charge in [-0.3, -0.25) is 0 Å². The van der Waals surface area contributed by atoms with E-state index < -0.39 is 59.6 Å². The van der Waals surface area contributed by atoms with Gasteiger partial charge in [-0.25, -0.2) is 8.42 Å². The van der Waals surface area contributed by atoms with Crippen LogP contribution in [0.5, 0.6) is 0 Å². The molecule has 0 N–H and O–H groups in total. The molecule has 116 valence electrons. The van der Waals surface area contributed by atoms with Gasteiger partial charge in [0.05, 0.1) is 0 Å². The van der Waals surface area contributed by atoms with Crippen molar-refractivity contribution < 1.29 is 62.6 Å². The van der Waals surface area contributed by atoms with Gasteiger partial charge in [-0.15, -0.1) is 0 Å². The molecule has 0 saturated heterocycles. The molecule has 0 aliphatic rings. The average Bonchev–Trinajstić information content (AvgIpc) is 2.12. The molecule has 0 saturated carbocycles. The molecule has 0 atom stereocenters. The van der Waals surface area contributed by atoms with Crippen LogP contribution in [0.1, 0.15) is 32.1 Å². The predicted molar refractivity (Wildman–Crippen MR) is 48.7 cm³/mol. The van der Waals surface area contributed by atoms with E-state index in [0.717, 1.165) is 0 Å². The smallest absolute Gasteiger partial charge is 0.743 e. The monoisotopic (exact) mass is 326 g/mol. The first-order chi connectivity index (χ1) is 8.21. The summed E-state index contributed by atoms with van der Waals surface area (Å²) < 4.78 is 116. The second-order valence-corrected chi connectivity index (χ2v) is 5.27. The largest absolute Gasteiger partial charge is 1.00 e.